The lowest BCUT2D eigenvalue weighted by Gasteiger charge is -2.22. The van der Waals surface area contributed by atoms with Gasteiger partial charge in [0.05, 0.1) is 6.04 Å². The molecule has 0 aromatic heterocycles. The van der Waals surface area contributed by atoms with Crippen LogP contribution >= 0.6 is 12.4 Å². The van der Waals surface area contributed by atoms with Crippen LogP contribution in [0.3, 0.4) is 0 Å². The summed E-state index contributed by atoms with van der Waals surface area (Å²) in [5.74, 6) is 0.0360. The van der Waals surface area contributed by atoms with Crippen molar-refractivity contribution in [3.05, 3.63) is 35.9 Å². The van der Waals surface area contributed by atoms with Gasteiger partial charge in [-0.25, -0.2) is 0 Å². The van der Waals surface area contributed by atoms with Crippen molar-refractivity contribution < 1.29 is 4.79 Å². The number of likely N-dealkylation sites (N-methyl/N-ethyl adjacent to an activating group) is 1. The molecule has 0 fully saturated rings. The maximum absolute atomic E-state index is 11.9. The van der Waals surface area contributed by atoms with E-state index >= 15 is 0 Å². The van der Waals surface area contributed by atoms with Crippen molar-refractivity contribution >= 4 is 18.3 Å². The normalized spacial score (nSPS) is 11.5. The summed E-state index contributed by atoms with van der Waals surface area (Å²) in [6, 6.07) is 9.45. The van der Waals surface area contributed by atoms with Crippen molar-refractivity contribution in [3.8, 4) is 0 Å². The molecule has 1 aromatic carbocycles. The van der Waals surface area contributed by atoms with E-state index in [1.54, 1.807) is 4.90 Å². The Morgan fingerprint density at radius 1 is 1.24 bits per heavy atom. The SMILES string of the molecule is CCN(CC)C(=O)[C@@H](N)Cc1ccccc1.Cl. The molecule has 0 saturated heterocycles. The molecule has 0 saturated carbocycles. The molecule has 0 unspecified atom stereocenters. The Hall–Kier alpha value is -1.06. The predicted molar refractivity (Wildman–Crippen MR) is 73.3 cm³/mol. The second-order valence-electron chi connectivity index (χ2n) is 3.81. The summed E-state index contributed by atoms with van der Waals surface area (Å²) >= 11 is 0. The first-order chi connectivity index (χ1) is 7.69. The van der Waals surface area contributed by atoms with E-state index in [1.165, 1.54) is 0 Å². The van der Waals surface area contributed by atoms with Gasteiger partial charge in [0.1, 0.15) is 0 Å². The Labute approximate surface area is 109 Å². The first-order valence-corrected chi connectivity index (χ1v) is 5.77. The van der Waals surface area contributed by atoms with Gasteiger partial charge in [0.2, 0.25) is 5.91 Å². The number of hydrogen-bond acceptors (Lipinski definition) is 2. The Kier molecular flexibility index (Phi) is 7.59. The van der Waals surface area contributed by atoms with Crippen LogP contribution < -0.4 is 5.73 Å². The largest absolute Gasteiger partial charge is 0.342 e. The highest BCUT2D eigenvalue weighted by Gasteiger charge is 2.18. The number of nitrogens with two attached hydrogens (primary N) is 1. The molecule has 1 atom stereocenters. The minimum absolute atomic E-state index is 0. The third-order valence-corrected chi connectivity index (χ3v) is 2.69. The standard InChI is InChI=1S/C13H20N2O.ClH/c1-3-15(4-2)13(16)12(14)10-11-8-6-5-7-9-11;/h5-9,12H,3-4,10,14H2,1-2H3;1H/t12-;/m0./s1. The smallest absolute Gasteiger partial charge is 0.239 e. The maximum atomic E-state index is 11.9. The van der Waals surface area contributed by atoms with Crippen LogP contribution in [0, 0.1) is 0 Å². The zero-order valence-electron chi connectivity index (χ0n) is 10.4. The van der Waals surface area contributed by atoms with Crippen LogP contribution in [-0.4, -0.2) is 29.9 Å². The zero-order valence-corrected chi connectivity index (χ0v) is 11.2. The summed E-state index contributed by atoms with van der Waals surface area (Å²) in [5, 5.41) is 0. The molecule has 17 heavy (non-hydrogen) atoms. The minimum atomic E-state index is -0.428. The van der Waals surface area contributed by atoms with Crippen LogP contribution in [0.15, 0.2) is 30.3 Å². The van der Waals surface area contributed by atoms with Crippen molar-refractivity contribution in [2.24, 2.45) is 5.73 Å². The topological polar surface area (TPSA) is 46.3 Å². The number of hydrogen-bond donors (Lipinski definition) is 1. The van der Waals surface area contributed by atoms with Crippen LogP contribution in [0.5, 0.6) is 0 Å². The van der Waals surface area contributed by atoms with Gasteiger partial charge < -0.3 is 10.6 Å². The third-order valence-electron chi connectivity index (χ3n) is 2.69. The fraction of sp³-hybridized carbons (Fsp3) is 0.462. The lowest BCUT2D eigenvalue weighted by atomic mass is 10.1. The molecule has 0 heterocycles. The van der Waals surface area contributed by atoms with Gasteiger partial charge in [0, 0.05) is 13.1 Å². The molecule has 1 aromatic rings. The van der Waals surface area contributed by atoms with E-state index in [2.05, 4.69) is 0 Å². The molecule has 0 spiro atoms. The zero-order chi connectivity index (χ0) is 12.0. The van der Waals surface area contributed by atoms with Gasteiger partial charge in [-0.15, -0.1) is 12.4 Å². The third kappa shape index (κ3) is 4.75. The maximum Gasteiger partial charge on any atom is 0.239 e. The number of rotatable bonds is 5. The van der Waals surface area contributed by atoms with E-state index in [0.29, 0.717) is 6.42 Å². The molecular formula is C13H21ClN2O. The minimum Gasteiger partial charge on any atom is -0.342 e. The molecule has 3 nitrogen and oxygen atoms in total. The summed E-state index contributed by atoms with van der Waals surface area (Å²) in [7, 11) is 0. The van der Waals surface area contributed by atoms with E-state index in [9.17, 15) is 4.79 Å². The molecule has 96 valence electrons. The van der Waals surface area contributed by atoms with Crippen molar-refractivity contribution in [2.45, 2.75) is 26.3 Å². The van der Waals surface area contributed by atoms with E-state index in [4.69, 9.17) is 5.73 Å². The summed E-state index contributed by atoms with van der Waals surface area (Å²) in [6.07, 6.45) is 0.607. The second kappa shape index (κ2) is 8.09. The van der Waals surface area contributed by atoms with Crippen molar-refractivity contribution in [1.82, 2.24) is 4.90 Å². The molecule has 0 radical (unpaired) electrons. The van der Waals surface area contributed by atoms with Gasteiger partial charge in [-0.1, -0.05) is 30.3 Å². The summed E-state index contributed by atoms with van der Waals surface area (Å²) in [6.45, 7) is 5.38. The molecule has 4 heteroatoms. The molecular weight excluding hydrogens is 236 g/mol. The Balaban J connectivity index is 0.00000256. The number of halogens is 1. The van der Waals surface area contributed by atoms with Crippen molar-refractivity contribution in [1.29, 1.82) is 0 Å². The van der Waals surface area contributed by atoms with E-state index < -0.39 is 6.04 Å². The molecule has 0 aliphatic rings. The van der Waals surface area contributed by atoms with Gasteiger partial charge in [0.15, 0.2) is 0 Å². The lowest BCUT2D eigenvalue weighted by molar-refractivity contribution is -0.132. The van der Waals surface area contributed by atoms with E-state index in [1.807, 2.05) is 44.2 Å². The Morgan fingerprint density at radius 3 is 2.24 bits per heavy atom. The monoisotopic (exact) mass is 256 g/mol. The van der Waals surface area contributed by atoms with Crippen molar-refractivity contribution in [2.75, 3.05) is 13.1 Å². The summed E-state index contributed by atoms with van der Waals surface area (Å²) < 4.78 is 0. The van der Waals surface area contributed by atoms with Gasteiger partial charge >= 0.3 is 0 Å². The highest BCUT2D eigenvalue weighted by atomic mass is 35.5. The molecule has 0 bridgehead atoms. The van der Waals surface area contributed by atoms with Crippen LogP contribution in [0.25, 0.3) is 0 Å². The molecule has 0 aliphatic carbocycles. The van der Waals surface area contributed by atoms with Gasteiger partial charge in [-0.3, -0.25) is 4.79 Å². The quantitative estimate of drug-likeness (QED) is 0.874. The fourth-order valence-electron chi connectivity index (χ4n) is 1.73. The highest BCUT2D eigenvalue weighted by Crippen LogP contribution is 2.04. The number of amides is 1. The second-order valence-corrected chi connectivity index (χ2v) is 3.81. The van der Waals surface area contributed by atoms with Crippen LogP contribution in [0.4, 0.5) is 0 Å². The van der Waals surface area contributed by atoms with Crippen LogP contribution in [0.2, 0.25) is 0 Å². The molecule has 1 rings (SSSR count). The van der Waals surface area contributed by atoms with E-state index in [-0.39, 0.29) is 18.3 Å². The Morgan fingerprint density at radius 2 is 1.76 bits per heavy atom. The summed E-state index contributed by atoms with van der Waals surface area (Å²) in [5.41, 5.74) is 7.02. The first-order valence-electron chi connectivity index (χ1n) is 5.77. The molecule has 0 aliphatic heterocycles. The highest BCUT2D eigenvalue weighted by molar-refractivity contribution is 5.85. The first kappa shape index (κ1) is 15.9. The van der Waals surface area contributed by atoms with Crippen molar-refractivity contribution in [3.63, 3.8) is 0 Å². The van der Waals surface area contributed by atoms with Gasteiger partial charge in [-0.2, -0.15) is 0 Å². The number of nitrogens with zero attached hydrogens (tertiary/aromatic N) is 1. The van der Waals surface area contributed by atoms with Crippen LogP contribution in [0.1, 0.15) is 19.4 Å². The number of benzene rings is 1. The van der Waals surface area contributed by atoms with Gasteiger partial charge in [0.25, 0.3) is 0 Å². The molecule has 1 amide bonds. The number of carbonyl (C=O) groups is 1. The average Bonchev–Trinajstić information content (AvgIpc) is 2.31. The number of carbonyl (C=O) groups excluding carboxylic acids is 1. The van der Waals surface area contributed by atoms with Crippen LogP contribution in [-0.2, 0) is 11.2 Å². The lowest BCUT2D eigenvalue weighted by Crippen LogP contribution is -2.44. The van der Waals surface area contributed by atoms with Gasteiger partial charge in [-0.05, 0) is 25.8 Å². The summed E-state index contributed by atoms with van der Waals surface area (Å²) in [4.78, 5) is 13.7. The average molecular weight is 257 g/mol. The predicted octanol–water partition coefficient (Wildman–Crippen LogP) is 1.85. The molecule has 2 N–H and O–H groups in total. The Bertz CT molecular complexity index is 325. The van der Waals surface area contributed by atoms with E-state index in [0.717, 1.165) is 18.7 Å². The fourth-order valence-corrected chi connectivity index (χ4v) is 1.73.